The molecule has 5 heteroatoms. The molecule has 4 nitrogen and oxygen atoms in total. The van der Waals surface area contributed by atoms with E-state index in [2.05, 4.69) is 59.7 Å². The highest BCUT2D eigenvalue weighted by Crippen LogP contribution is 2.28. The number of hydrogen-bond acceptors (Lipinski definition) is 5. The number of nitrogens with one attached hydrogen (secondary N) is 1. The van der Waals surface area contributed by atoms with Gasteiger partial charge in [0.25, 0.3) is 0 Å². The van der Waals surface area contributed by atoms with Gasteiger partial charge in [0.1, 0.15) is 0 Å². The average molecular weight is 304 g/mol. The largest absolute Gasteiger partial charge is 0.309 e. The van der Waals surface area contributed by atoms with E-state index in [1.807, 2.05) is 6.20 Å². The van der Waals surface area contributed by atoms with Crippen molar-refractivity contribution in [3.05, 3.63) is 40.2 Å². The Hall–Kier alpha value is -1.33. The molecule has 0 aromatic carbocycles. The Bertz CT molecular complexity index is 548. The van der Waals surface area contributed by atoms with Crippen LogP contribution in [-0.4, -0.2) is 21.1 Å². The third kappa shape index (κ3) is 4.08. The summed E-state index contributed by atoms with van der Waals surface area (Å²) >= 11 is 1.50. The van der Waals surface area contributed by atoms with Crippen LogP contribution < -0.4 is 5.32 Å². The average Bonchev–Trinajstić information content (AvgIpc) is 2.97. The molecule has 21 heavy (non-hydrogen) atoms. The maximum Gasteiger partial charge on any atom is 0.0829 e. The lowest BCUT2D eigenvalue weighted by Crippen LogP contribution is -2.23. The van der Waals surface area contributed by atoms with Gasteiger partial charge in [-0.05, 0) is 42.0 Å². The second-order valence-corrected chi connectivity index (χ2v) is 6.29. The van der Waals surface area contributed by atoms with Crippen molar-refractivity contribution in [1.29, 1.82) is 0 Å². The molecule has 2 aromatic rings. The minimum absolute atomic E-state index is 0.243. The Labute approximate surface area is 131 Å². The molecular weight excluding hydrogens is 280 g/mol. The third-order valence-corrected chi connectivity index (χ3v) is 4.42. The summed E-state index contributed by atoms with van der Waals surface area (Å²) < 4.78 is 4.15. The van der Waals surface area contributed by atoms with Crippen LogP contribution in [0.25, 0.3) is 0 Å². The van der Waals surface area contributed by atoms with Crippen LogP contribution in [-0.2, 0) is 12.8 Å². The van der Waals surface area contributed by atoms with Gasteiger partial charge >= 0.3 is 0 Å². The van der Waals surface area contributed by atoms with Crippen molar-refractivity contribution < 1.29 is 0 Å². The lowest BCUT2D eigenvalue weighted by molar-refractivity contribution is 0.543. The van der Waals surface area contributed by atoms with E-state index in [1.165, 1.54) is 22.0 Å². The van der Waals surface area contributed by atoms with Gasteiger partial charge < -0.3 is 5.32 Å². The zero-order valence-electron chi connectivity index (χ0n) is 13.3. The quantitative estimate of drug-likeness (QED) is 0.850. The van der Waals surface area contributed by atoms with Crippen LogP contribution in [0.15, 0.2) is 18.3 Å². The predicted molar refractivity (Wildman–Crippen MR) is 87.7 cm³/mol. The third-order valence-electron chi connectivity index (χ3n) is 3.56. The van der Waals surface area contributed by atoms with Crippen LogP contribution in [0.5, 0.6) is 0 Å². The molecule has 0 amide bonds. The normalized spacial score (nSPS) is 12.8. The lowest BCUT2D eigenvalue weighted by Gasteiger charge is -2.18. The summed E-state index contributed by atoms with van der Waals surface area (Å²) in [6, 6.07) is 4.54. The van der Waals surface area contributed by atoms with E-state index in [0.717, 1.165) is 30.8 Å². The van der Waals surface area contributed by atoms with Gasteiger partial charge in [0.15, 0.2) is 0 Å². The molecule has 114 valence electrons. The Morgan fingerprint density at radius 3 is 2.62 bits per heavy atom. The van der Waals surface area contributed by atoms with Crippen molar-refractivity contribution in [2.24, 2.45) is 0 Å². The molecule has 0 saturated heterocycles. The highest BCUT2D eigenvalue weighted by molar-refractivity contribution is 7.05. The van der Waals surface area contributed by atoms with E-state index >= 15 is 0 Å². The van der Waals surface area contributed by atoms with E-state index < -0.39 is 0 Å². The number of aryl methyl sites for hydroxylation is 1. The fourth-order valence-electron chi connectivity index (χ4n) is 2.34. The smallest absolute Gasteiger partial charge is 0.0829 e. The van der Waals surface area contributed by atoms with Crippen molar-refractivity contribution in [3.63, 3.8) is 0 Å². The number of rotatable bonds is 7. The summed E-state index contributed by atoms with van der Waals surface area (Å²) in [5.41, 5.74) is 3.50. The molecule has 1 unspecified atom stereocenters. The second-order valence-electron chi connectivity index (χ2n) is 5.50. The number of nitrogens with zero attached hydrogens (tertiary/aromatic N) is 3. The minimum atomic E-state index is 0.243. The lowest BCUT2D eigenvalue weighted by atomic mass is 10.0. The summed E-state index contributed by atoms with van der Waals surface area (Å²) in [4.78, 5) is 5.82. The molecule has 0 saturated carbocycles. The van der Waals surface area contributed by atoms with Crippen molar-refractivity contribution in [1.82, 2.24) is 19.9 Å². The fourth-order valence-corrected chi connectivity index (χ4v) is 3.23. The Balaban J connectivity index is 2.19. The van der Waals surface area contributed by atoms with Crippen molar-refractivity contribution in [2.45, 2.75) is 52.5 Å². The number of likely N-dealkylation sites (N-methyl/N-ethyl adjacent to an activating group) is 1. The van der Waals surface area contributed by atoms with E-state index in [4.69, 9.17) is 0 Å². The van der Waals surface area contributed by atoms with Crippen LogP contribution >= 0.6 is 11.5 Å². The zero-order valence-corrected chi connectivity index (χ0v) is 14.1. The van der Waals surface area contributed by atoms with Gasteiger partial charge in [0, 0.05) is 18.3 Å². The van der Waals surface area contributed by atoms with Crippen LogP contribution in [0.3, 0.4) is 0 Å². The van der Waals surface area contributed by atoms with E-state index in [-0.39, 0.29) is 6.04 Å². The van der Waals surface area contributed by atoms with Gasteiger partial charge in [-0.1, -0.05) is 38.2 Å². The fraction of sp³-hybridized carbons (Fsp3) is 0.562. The molecule has 0 spiro atoms. The monoisotopic (exact) mass is 304 g/mol. The van der Waals surface area contributed by atoms with Crippen LogP contribution in [0.4, 0.5) is 0 Å². The van der Waals surface area contributed by atoms with Crippen LogP contribution in [0.2, 0.25) is 0 Å². The molecule has 0 aliphatic rings. The van der Waals surface area contributed by atoms with Gasteiger partial charge in [0.05, 0.1) is 16.6 Å². The van der Waals surface area contributed by atoms with Crippen molar-refractivity contribution in [2.75, 3.05) is 6.54 Å². The maximum atomic E-state index is 4.58. The predicted octanol–water partition coefficient (Wildman–Crippen LogP) is 3.51. The van der Waals surface area contributed by atoms with Crippen LogP contribution in [0.1, 0.15) is 61.5 Å². The molecule has 0 fully saturated rings. The molecule has 2 aromatic heterocycles. The number of hydrogen-bond donors (Lipinski definition) is 1. The Morgan fingerprint density at radius 1 is 1.24 bits per heavy atom. The molecule has 1 atom stereocenters. The zero-order chi connectivity index (χ0) is 15.2. The second kappa shape index (κ2) is 7.61. The molecule has 2 rings (SSSR count). The Morgan fingerprint density at radius 2 is 2.05 bits per heavy atom. The summed E-state index contributed by atoms with van der Waals surface area (Å²) in [7, 11) is 0. The number of aromatic nitrogens is 3. The Kier molecular flexibility index (Phi) is 5.82. The molecule has 0 radical (unpaired) electrons. The van der Waals surface area contributed by atoms with E-state index in [1.54, 1.807) is 0 Å². The van der Waals surface area contributed by atoms with Crippen LogP contribution in [0, 0.1) is 0 Å². The van der Waals surface area contributed by atoms with Gasteiger partial charge in [-0.15, -0.1) is 5.10 Å². The van der Waals surface area contributed by atoms with Gasteiger partial charge in [-0.25, -0.2) is 0 Å². The molecule has 1 N–H and O–H groups in total. The molecule has 0 bridgehead atoms. The highest BCUT2D eigenvalue weighted by Gasteiger charge is 2.21. The topological polar surface area (TPSA) is 50.7 Å². The standard InChI is InChI=1S/C16H24N4S/c1-5-12-7-8-13(18-10-12)9-14(17-6-2)16-15(11(3)4)19-20-21-16/h7-8,10-11,14,17H,5-6,9H2,1-4H3. The molecule has 0 aliphatic heterocycles. The number of pyridine rings is 1. The maximum absolute atomic E-state index is 4.58. The first kappa shape index (κ1) is 16.0. The highest BCUT2D eigenvalue weighted by atomic mass is 32.1. The molecular formula is C16H24N4S. The molecule has 0 aliphatic carbocycles. The van der Waals surface area contributed by atoms with Gasteiger partial charge in [0.2, 0.25) is 0 Å². The first-order valence-corrected chi connectivity index (χ1v) is 8.42. The van der Waals surface area contributed by atoms with Gasteiger partial charge in [-0.3, -0.25) is 4.98 Å². The van der Waals surface area contributed by atoms with Gasteiger partial charge in [-0.2, -0.15) is 0 Å². The van der Waals surface area contributed by atoms with E-state index in [9.17, 15) is 0 Å². The summed E-state index contributed by atoms with van der Waals surface area (Å²) in [6.07, 6.45) is 3.88. The SMILES string of the molecule is CCNC(Cc1ccc(CC)cn1)c1snnc1C(C)C. The summed E-state index contributed by atoms with van der Waals surface area (Å²) in [5, 5.41) is 7.84. The summed E-state index contributed by atoms with van der Waals surface area (Å²) in [5.74, 6) is 0.398. The minimum Gasteiger partial charge on any atom is -0.309 e. The molecule has 2 heterocycles. The van der Waals surface area contributed by atoms with Crippen molar-refractivity contribution in [3.8, 4) is 0 Å². The van der Waals surface area contributed by atoms with E-state index in [0.29, 0.717) is 5.92 Å². The first-order valence-electron chi connectivity index (χ1n) is 7.65. The first-order chi connectivity index (χ1) is 10.2. The van der Waals surface area contributed by atoms with Crippen molar-refractivity contribution >= 4 is 11.5 Å². The summed E-state index contributed by atoms with van der Waals surface area (Å²) in [6.45, 7) is 9.53.